The molecule has 148 valence electrons. The molecule has 0 spiro atoms. The van der Waals surface area contributed by atoms with Crippen LogP contribution in [0.5, 0.6) is 0 Å². The number of aliphatic hydroxyl groups is 1. The van der Waals surface area contributed by atoms with Gasteiger partial charge in [0.1, 0.15) is 5.52 Å². The number of pyridine rings is 1. The van der Waals surface area contributed by atoms with Crippen LogP contribution >= 0.6 is 11.3 Å². The van der Waals surface area contributed by atoms with Crippen LogP contribution in [0.15, 0.2) is 43.4 Å². The predicted molar refractivity (Wildman–Crippen MR) is 118 cm³/mol. The van der Waals surface area contributed by atoms with Gasteiger partial charge >= 0.3 is 0 Å². The molecule has 0 amide bonds. The largest absolute Gasteiger partial charge is 0.391 e. The Balaban J connectivity index is 1.38. The van der Waals surface area contributed by atoms with Crippen molar-refractivity contribution in [3.63, 3.8) is 0 Å². The van der Waals surface area contributed by atoms with Gasteiger partial charge in [0.15, 0.2) is 10.8 Å². The lowest BCUT2D eigenvalue weighted by atomic mass is 9.93. The van der Waals surface area contributed by atoms with Crippen molar-refractivity contribution < 1.29 is 5.11 Å². The molecule has 7 heteroatoms. The molecule has 1 aliphatic carbocycles. The van der Waals surface area contributed by atoms with Crippen LogP contribution in [0, 0.1) is 0 Å². The van der Waals surface area contributed by atoms with E-state index in [9.17, 15) is 5.11 Å². The quantitative estimate of drug-likeness (QED) is 0.513. The van der Waals surface area contributed by atoms with E-state index in [1.54, 1.807) is 17.4 Å². The first-order chi connectivity index (χ1) is 14.2. The number of hydrogen-bond donors (Lipinski definition) is 2. The number of benzene rings is 1. The lowest BCUT2D eigenvalue weighted by Gasteiger charge is -2.27. The van der Waals surface area contributed by atoms with Crippen molar-refractivity contribution in [1.82, 2.24) is 19.5 Å². The van der Waals surface area contributed by atoms with Crippen LogP contribution in [0.25, 0.3) is 27.5 Å². The second-order valence-electron chi connectivity index (χ2n) is 7.61. The van der Waals surface area contributed by atoms with Crippen LogP contribution in [0.2, 0.25) is 0 Å². The molecule has 1 aromatic carbocycles. The fourth-order valence-electron chi connectivity index (χ4n) is 3.96. The molecule has 4 aromatic rings. The van der Waals surface area contributed by atoms with Crippen LogP contribution in [0.1, 0.15) is 36.8 Å². The Bertz CT molecular complexity index is 1180. The van der Waals surface area contributed by atoms with E-state index in [0.717, 1.165) is 57.8 Å². The van der Waals surface area contributed by atoms with Crippen LogP contribution in [-0.4, -0.2) is 36.8 Å². The van der Waals surface area contributed by atoms with E-state index in [4.69, 9.17) is 4.98 Å². The molecule has 1 aliphatic rings. The van der Waals surface area contributed by atoms with Gasteiger partial charge in [-0.15, -0.1) is 0 Å². The second-order valence-corrected chi connectivity index (χ2v) is 8.64. The maximum Gasteiger partial charge on any atom is 0.184 e. The van der Waals surface area contributed by atoms with Gasteiger partial charge in [-0.25, -0.2) is 15.0 Å². The zero-order valence-corrected chi connectivity index (χ0v) is 16.9. The number of fused-ring (bicyclic) bond motifs is 2. The van der Waals surface area contributed by atoms with Gasteiger partial charge in [-0.05, 0) is 42.2 Å². The number of imidazole rings is 1. The molecule has 1 fully saturated rings. The summed E-state index contributed by atoms with van der Waals surface area (Å²) in [5.74, 6) is 0. The first-order valence-corrected chi connectivity index (χ1v) is 10.8. The molecule has 0 saturated heterocycles. The number of aromatic nitrogens is 4. The average molecular weight is 406 g/mol. The summed E-state index contributed by atoms with van der Waals surface area (Å²) in [4.78, 5) is 13.7. The van der Waals surface area contributed by atoms with Gasteiger partial charge in [0, 0.05) is 6.20 Å². The molecule has 2 N–H and O–H groups in total. The summed E-state index contributed by atoms with van der Waals surface area (Å²) in [6, 6.07) is 8.44. The number of nitrogens with one attached hydrogen (secondary N) is 1. The first kappa shape index (κ1) is 18.3. The third-order valence-electron chi connectivity index (χ3n) is 5.56. The highest BCUT2D eigenvalue weighted by molar-refractivity contribution is 7.22. The topological polar surface area (TPSA) is 75.9 Å². The van der Waals surface area contributed by atoms with Gasteiger partial charge in [-0.2, -0.15) is 0 Å². The van der Waals surface area contributed by atoms with Gasteiger partial charge in [-0.1, -0.05) is 42.9 Å². The Morgan fingerprint density at radius 1 is 1.21 bits per heavy atom. The molecule has 29 heavy (non-hydrogen) atoms. The van der Waals surface area contributed by atoms with E-state index >= 15 is 0 Å². The monoisotopic (exact) mass is 405 g/mol. The summed E-state index contributed by atoms with van der Waals surface area (Å²) in [6.45, 7) is 4.49. The minimum Gasteiger partial charge on any atom is -0.391 e. The van der Waals surface area contributed by atoms with E-state index in [1.807, 2.05) is 18.6 Å². The van der Waals surface area contributed by atoms with Gasteiger partial charge in [0.25, 0.3) is 0 Å². The number of thiazole rings is 1. The van der Waals surface area contributed by atoms with Gasteiger partial charge in [0.05, 0.1) is 35.2 Å². The van der Waals surface area contributed by atoms with Crippen LogP contribution < -0.4 is 5.32 Å². The van der Waals surface area contributed by atoms with Gasteiger partial charge in [-0.3, -0.25) is 0 Å². The number of aliphatic hydroxyl groups excluding tert-OH is 1. The molecule has 5 rings (SSSR count). The number of hydrogen-bond acceptors (Lipinski definition) is 6. The molecule has 2 atom stereocenters. The molecule has 0 aliphatic heterocycles. The van der Waals surface area contributed by atoms with E-state index in [2.05, 4.69) is 44.6 Å². The molecular formula is C22H23N5OS. The van der Waals surface area contributed by atoms with E-state index in [1.165, 1.54) is 5.56 Å². The van der Waals surface area contributed by atoms with E-state index in [-0.39, 0.29) is 12.1 Å². The molecule has 1 saturated carbocycles. The summed E-state index contributed by atoms with van der Waals surface area (Å²) in [7, 11) is 0. The zero-order valence-electron chi connectivity index (χ0n) is 16.1. The molecule has 0 bridgehead atoms. The molecular weight excluding hydrogens is 382 g/mol. The summed E-state index contributed by atoms with van der Waals surface area (Å²) < 4.78 is 3.20. The number of anilines is 1. The third-order valence-corrected chi connectivity index (χ3v) is 6.51. The lowest BCUT2D eigenvalue weighted by Crippen LogP contribution is -2.36. The Morgan fingerprint density at radius 3 is 2.97 bits per heavy atom. The second kappa shape index (κ2) is 7.57. The van der Waals surface area contributed by atoms with Crippen LogP contribution in [-0.2, 0) is 6.54 Å². The van der Waals surface area contributed by atoms with E-state index in [0.29, 0.717) is 6.54 Å². The number of rotatable bonds is 5. The molecule has 3 aromatic heterocycles. The standard InChI is InChI=1S/C22H23N5OS/c1-2-14-9-18-21(23-11-14)27(13-24-18)12-15-7-8-17-20(10-15)29-22(26-17)25-16-5-3-4-6-19(16)28/h2,7-11,13,16,19,28H,1,3-6,12H2,(H,25,26)/t16-,19-/m1/s1. The minimum atomic E-state index is -0.282. The Labute approximate surface area is 173 Å². The average Bonchev–Trinajstić information content (AvgIpc) is 3.32. The highest BCUT2D eigenvalue weighted by Crippen LogP contribution is 2.30. The third kappa shape index (κ3) is 3.63. The maximum atomic E-state index is 10.2. The predicted octanol–water partition coefficient (Wildman–Crippen LogP) is 4.45. The SMILES string of the molecule is C=Cc1cnc2c(c1)ncn2Cc1ccc2nc(N[C@@H]3CCCC[C@H]3O)sc2c1. The van der Waals surface area contributed by atoms with Crippen molar-refractivity contribution in [2.75, 3.05) is 5.32 Å². The van der Waals surface area contributed by atoms with Gasteiger partial charge < -0.3 is 15.0 Å². The zero-order chi connectivity index (χ0) is 19.8. The van der Waals surface area contributed by atoms with Crippen molar-refractivity contribution in [1.29, 1.82) is 0 Å². The number of nitrogens with zero attached hydrogens (tertiary/aromatic N) is 4. The van der Waals surface area contributed by atoms with Crippen molar-refractivity contribution in [2.24, 2.45) is 0 Å². The first-order valence-electron chi connectivity index (χ1n) is 9.97. The highest BCUT2D eigenvalue weighted by Gasteiger charge is 2.23. The molecule has 0 unspecified atom stereocenters. The summed E-state index contributed by atoms with van der Waals surface area (Å²) >= 11 is 1.64. The normalized spacial score (nSPS) is 19.6. The van der Waals surface area contributed by atoms with Gasteiger partial charge in [0.2, 0.25) is 0 Å². The van der Waals surface area contributed by atoms with E-state index < -0.39 is 0 Å². The Hall–Kier alpha value is -2.77. The fourth-order valence-corrected chi connectivity index (χ4v) is 4.95. The van der Waals surface area contributed by atoms with Crippen molar-refractivity contribution in [2.45, 2.75) is 44.4 Å². The van der Waals surface area contributed by atoms with Crippen molar-refractivity contribution >= 4 is 43.9 Å². The van der Waals surface area contributed by atoms with Crippen molar-refractivity contribution in [3.05, 3.63) is 54.5 Å². The Morgan fingerprint density at radius 2 is 2.10 bits per heavy atom. The van der Waals surface area contributed by atoms with Crippen molar-refractivity contribution in [3.8, 4) is 0 Å². The molecule has 3 heterocycles. The Kier molecular flexibility index (Phi) is 4.77. The van der Waals surface area contributed by atoms with Crippen LogP contribution in [0.4, 0.5) is 5.13 Å². The molecule has 6 nitrogen and oxygen atoms in total. The highest BCUT2D eigenvalue weighted by atomic mass is 32.1. The van der Waals surface area contributed by atoms with Crippen LogP contribution in [0.3, 0.4) is 0 Å². The lowest BCUT2D eigenvalue weighted by molar-refractivity contribution is 0.116. The fraction of sp³-hybridized carbons (Fsp3) is 0.318. The summed E-state index contributed by atoms with van der Waals surface area (Å²) in [5.41, 5.74) is 4.87. The summed E-state index contributed by atoms with van der Waals surface area (Å²) in [5, 5.41) is 14.5. The maximum absolute atomic E-state index is 10.2. The summed E-state index contributed by atoms with van der Waals surface area (Å²) in [6.07, 6.45) is 9.28. The smallest absolute Gasteiger partial charge is 0.184 e. The molecule has 0 radical (unpaired) electrons. The minimum absolute atomic E-state index is 0.104.